The highest BCUT2D eigenvalue weighted by atomic mass is 16.5. The number of aryl methyl sites for hydroxylation is 1. The number of aliphatic hydroxyl groups excluding tert-OH is 2. The van der Waals surface area contributed by atoms with Crippen molar-refractivity contribution in [1.82, 2.24) is 15.6 Å². The first kappa shape index (κ1) is 39.2. The van der Waals surface area contributed by atoms with Crippen molar-refractivity contribution >= 4 is 11.6 Å². The van der Waals surface area contributed by atoms with Gasteiger partial charge in [-0.15, -0.1) is 0 Å². The zero-order valence-electron chi connectivity index (χ0n) is 32.3. The van der Waals surface area contributed by atoms with E-state index in [1.165, 1.54) is 24.7 Å². The Labute approximate surface area is 325 Å². The molecule has 2 saturated carbocycles. The maximum absolute atomic E-state index is 13.7. The number of aliphatic hydroxyl groups is 2. The number of piperidine rings is 1. The van der Waals surface area contributed by atoms with Crippen LogP contribution in [0.15, 0.2) is 53.6 Å². The number of benzene rings is 1. The third-order valence-corrected chi connectivity index (χ3v) is 13.4. The number of phenolic OH excluding ortho intramolecular Hbond substituents is 1. The normalized spacial score (nSPS) is 29.1. The molecule has 3 heterocycles. The summed E-state index contributed by atoms with van der Waals surface area (Å²) < 4.78 is 5.43. The van der Waals surface area contributed by atoms with Crippen molar-refractivity contribution in [2.24, 2.45) is 35.3 Å². The summed E-state index contributed by atoms with van der Waals surface area (Å²) >= 11 is 0. The van der Waals surface area contributed by atoms with Gasteiger partial charge in [0.1, 0.15) is 11.7 Å². The third-order valence-electron chi connectivity index (χ3n) is 13.4. The molecule has 55 heavy (non-hydrogen) atoms. The summed E-state index contributed by atoms with van der Waals surface area (Å²) in [7, 11) is 1.51. The zero-order valence-corrected chi connectivity index (χ0v) is 32.3. The summed E-state index contributed by atoms with van der Waals surface area (Å²) in [5.41, 5.74) is 11.5. The van der Waals surface area contributed by atoms with Gasteiger partial charge in [0.15, 0.2) is 17.3 Å². The molecule has 5 aliphatic rings. The Morgan fingerprint density at radius 2 is 1.89 bits per heavy atom. The molecule has 10 heteroatoms. The van der Waals surface area contributed by atoms with Crippen LogP contribution in [0.5, 0.6) is 11.5 Å². The number of aromatic hydroxyl groups is 1. The number of H-pyrrole nitrogens is 1. The van der Waals surface area contributed by atoms with Crippen molar-refractivity contribution in [1.29, 1.82) is 0 Å². The lowest BCUT2D eigenvalue weighted by atomic mass is 9.61. The number of nitrogens with one attached hydrogen (secondary N) is 3. The number of carbonyl (C=O) groups excluding carboxylic acids is 2. The van der Waals surface area contributed by atoms with E-state index < -0.39 is 18.1 Å². The van der Waals surface area contributed by atoms with Gasteiger partial charge in [-0.05, 0) is 153 Å². The number of fused-ring (bicyclic) bond motifs is 4. The molecule has 1 saturated heterocycles. The number of ketones is 2. The molecule has 9 unspecified atom stereocenters. The molecule has 2 aromatic rings. The maximum atomic E-state index is 13.7. The molecule has 7 rings (SSSR count). The summed E-state index contributed by atoms with van der Waals surface area (Å²) in [6.45, 7) is 1.65. The molecule has 9 atom stereocenters. The minimum atomic E-state index is -0.856. The SMILES string of the molecule is COc1cc2c(cc1O)C(CCC(O)CCC1=C(Cc3cc[nH]c3)CNC(N)=C1)C#CC(C(O)CCC1CCC3C(CNC4CC(=O)CCC43)C1)C(=O)CC2. The fraction of sp³-hybridized carbons (Fsp3) is 0.600. The van der Waals surface area contributed by atoms with Crippen molar-refractivity contribution in [3.63, 3.8) is 0 Å². The number of methoxy groups -OCH3 is 1. The lowest BCUT2D eigenvalue weighted by Crippen LogP contribution is -2.54. The van der Waals surface area contributed by atoms with Crippen LogP contribution in [0.25, 0.3) is 0 Å². The highest BCUT2D eigenvalue weighted by molar-refractivity contribution is 5.85. The Morgan fingerprint density at radius 3 is 2.71 bits per heavy atom. The molecule has 0 spiro atoms. The van der Waals surface area contributed by atoms with E-state index in [1.54, 1.807) is 12.1 Å². The second-order valence-corrected chi connectivity index (χ2v) is 17.0. The summed E-state index contributed by atoms with van der Waals surface area (Å²) in [5.74, 6) is 9.22. The Morgan fingerprint density at radius 1 is 1.02 bits per heavy atom. The molecule has 0 bridgehead atoms. The van der Waals surface area contributed by atoms with Crippen LogP contribution in [-0.4, -0.2) is 70.3 Å². The molecule has 2 aliphatic heterocycles. The molecular weight excluding hydrogens is 693 g/mol. The van der Waals surface area contributed by atoms with Crippen LogP contribution in [0.1, 0.15) is 106 Å². The van der Waals surface area contributed by atoms with Crippen molar-refractivity contribution in [3.8, 4) is 23.3 Å². The van der Waals surface area contributed by atoms with Gasteiger partial charge in [-0.2, -0.15) is 0 Å². The molecule has 3 aliphatic carbocycles. The van der Waals surface area contributed by atoms with Gasteiger partial charge in [-0.3, -0.25) is 9.59 Å². The Kier molecular flexibility index (Phi) is 12.7. The van der Waals surface area contributed by atoms with Crippen molar-refractivity contribution in [3.05, 3.63) is 70.3 Å². The summed E-state index contributed by atoms with van der Waals surface area (Å²) in [6.07, 6.45) is 15.5. The van der Waals surface area contributed by atoms with Crippen LogP contribution in [0.3, 0.4) is 0 Å². The average Bonchev–Trinajstić information content (AvgIpc) is 3.71. The molecule has 296 valence electrons. The highest BCUT2D eigenvalue weighted by Crippen LogP contribution is 2.46. The largest absolute Gasteiger partial charge is 0.504 e. The van der Waals surface area contributed by atoms with Crippen molar-refractivity contribution in [2.75, 3.05) is 20.2 Å². The Bertz CT molecular complexity index is 1810. The van der Waals surface area contributed by atoms with Crippen LogP contribution < -0.4 is 21.1 Å². The molecule has 1 aromatic heterocycles. The summed E-state index contributed by atoms with van der Waals surface area (Å²) in [6, 6.07) is 5.92. The fourth-order valence-electron chi connectivity index (χ4n) is 10.3. The maximum Gasteiger partial charge on any atom is 0.160 e. The second kappa shape index (κ2) is 17.8. The van der Waals surface area contributed by atoms with E-state index in [2.05, 4.69) is 33.5 Å². The highest BCUT2D eigenvalue weighted by Gasteiger charge is 2.44. The van der Waals surface area contributed by atoms with E-state index in [0.29, 0.717) is 98.6 Å². The molecular formula is C45H60N4O6. The smallest absolute Gasteiger partial charge is 0.160 e. The first-order valence-corrected chi connectivity index (χ1v) is 20.7. The fourth-order valence-corrected chi connectivity index (χ4v) is 10.3. The third kappa shape index (κ3) is 9.50. The van der Waals surface area contributed by atoms with E-state index in [9.17, 15) is 24.9 Å². The number of nitrogens with two attached hydrogens (primary N) is 1. The van der Waals surface area contributed by atoms with Gasteiger partial charge in [0.25, 0.3) is 0 Å². The lowest BCUT2D eigenvalue weighted by molar-refractivity contribution is -0.124. The predicted octanol–water partition coefficient (Wildman–Crippen LogP) is 5.33. The number of ether oxygens (including phenoxy) is 1. The number of aromatic amines is 1. The number of allylic oxidation sites excluding steroid dienone is 2. The van der Waals surface area contributed by atoms with Crippen LogP contribution in [0, 0.1) is 41.4 Å². The number of carbonyl (C=O) groups is 2. The second-order valence-electron chi connectivity index (χ2n) is 17.0. The molecule has 3 fully saturated rings. The first-order valence-electron chi connectivity index (χ1n) is 20.7. The summed E-state index contributed by atoms with van der Waals surface area (Å²) in [4.78, 5) is 28.9. The average molecular weight is 753 g/mol. The van der Waals surface area contributed by atoms with Crippen molar-refractivity contribution in [2.45, 2.75) is 120 Å². The Balaban J connectivity index is 1.00. The number of aromatic nitrogens is 1. The molecule has 10 nitrogen and oxygen atoms in total. The van der Waals surface area contributed by atoms with E-state index in [0.717, 1.165) is 61.8 Å². The minimum Gasteiger partial charge on any atom is -0.504 e. The quantitative estimate of drug-likeness (QED) is 0.134. The van der Waals surface area contributed by atoms with Crippen LogP contribution in [0.2, 0.25) is 0 Å². The first-order chi connectivity index (χ1) is 26.6. The molecule has 8 N–H and O–H groups in total. The van der Waals surface area contributed by atoms with E-state index >= 15 is 0 Å². The Hall–Kier alpha value is -4.04. The van der Waals surface area contributed by atoms with Crippen LogP contribution in [-0.2, 0) is 22.4 Å². The zero-order chi connectivity index (χ0) is 38.5. The molecule has 0 radical (unpaired) electrons. The van der Waals surface area contributed by atoms with E-state index in [-0.39, 0.29) is 23.9 Å². The van der Waals surface area contributed by atoms with Crippen molar-refractivity contribution < 1.29 is 29.6 Å². The van der Waals surface area contributed by atoms with E-state index in [4.69, 9.17) is 10.5 Å². The van der Waals surface area contributed by atoms with Gasteiger partial charge >= 0.3 is 0 Å². The number of rotatable bonds is 13. The minimum absolute atomic E-state index is 0.0170. The number of Topliss-reactive ketones (excluding diaryl/α,β-unsaturated/α-hetero) is 2. The number of dihydropyridines is 1. The molecule has 0 amide bonds. The monoisotopic (exact) mass is 752 g/mol. The lowest BCUT2D eigenvalue weighted by Gasteiger charge is -2.49. The number of phenols is 1. The van der Waals surface area contributed by atoms with E-state index in [1.807, 2.05) is 18.5 Å². The van der Waals surface area contributed by atoms with Gasteiger partial charge in [-0.1, -0.05) is 18.3 Å². The van der Waals surface area contributed by atoms with Gasteiger partial charge in [0, 0.05) is 50.2 Å². The topological polar surface area (TPSA) is 170 Å². The van der Waals surface area contributed by atoms with Gasteiger partial charge in [0.05, 0.1) is 25.1 Å². The van der Waals surface area contributed by atoms with Gasteiger partial charge in [-0.25, -0.2) is 0 Å². The van der Waals surface area contributed by atoms with Crippen LogP contribution >= 0.6 is 0 Å². The predicted molar refractivity (Wildman–Crippen MR) is 212 cm³/mol. The van der Waals surface area contributed by atoms with Gasteiger partial charge in [0.2, 0.25) is 0 Å². The van der Waals surface area contributed by atoms with Crippen LogP contribution in [0.4, 0.5) is 0 Å². The number of hydrogen-bond acceptors (Lipinski definition) is 9. The molecule has 1 aromatic carbocycles. The summed E-state index contributed by atoms with van der Waals surface area (Å²) in [5, 5.41) is 40.6. The number of hydrogen-bond donors (Lipinski definition) is 7. The standard InChI is InChI=1S/C45H60N4O6/c1-55-44-20-31-7-15-42(53)38(41(52)14-3-27-2-11-36-33(18-27)26-48-40-22-35(51)10-13-37(36)40)12-6-29(39(31)23-43(44)54)4-8-34(50)9-5-30-21-45(46)49-25-32(30)19-28-16-17-47-24-28/h16-17,20-21,23-24,27,29,33-34,36-38,40-41,47-50,52,54H,2-5,7-11,13-15,18-19,22,25-26,46H2,1H3. The van der Waals surface area contributed by atoms with Gasteiger partial charge < -0.3 is 41.4 Å².